The number of ether oxygens (including phenoxy) is 1. The van der Waals surface area contributed by atoms with Crippen LogP contribution in [0.15, 0.2) is 6.33 Å². The normalized spacial score (nSPS) is 10.4. The molecule has 1 amide bonds. The predicted octanol–water partition coefficient (Wildman–Crippen LogP) is 0.464. The lowest BCUT2D eigenvalue weighted by Gasteiger charge is -1.98. The predicted molar refractivity (Wildman–Crippen MR) is 46.9 cm³/mol. The number of carbonyl (C=O) groups is 1. The molecule has 0 atom stereocenters. The van der Waals surface area contributed by atoms with E-state index < -0.39 is 6.09 Å². The van der Waals surface area contributed by atoms with Gasteiger partial charge in [0, 0.05) is 0 Å². The SMILES string of the molecule is NC(=O)Oc1nc(Cl)c2[nH]cnc2n1. The van der Waals surface area contributed by atoms with E-state index in [0.29, 0.717) is 11.2 Å². The molecule has 0 fully saturated rings. The Morgan fingerprint density at radius 2 is 2.36 bits per heavy atom. The first-order chi connectivity index (χ1) is 6.66. The summed E-state index contributed by atoms with van der Waals surface area (Å²) in [6.45, 7) is 0. The van der Waals surface area contributed by atoms with Crippen LogP contribution in [0.1, 0.15) is 0 Å². The Kier molecular flexibility index (Phi) is 1.93. The number of carbonyl (C=O) groups excluding carboxylic acids is 1. The summed E-state index contributed by atoms with van der Waals surface area (Å²) in [5, 5.41) is 0.115. The first-order valence-corrected chi connectivity index (χ1v) is 3.88. The van der Waals surface area contributed by atoms with E-state index in [9.17, 15) is 4.79 Å². The summed E-state index contributed by atoms with van der Waals surface area (Å²) in [4.78, 5) is 24.4. The smallest absolute Gasteiger partial charge is 0.374 e. The molecule has 2 aromatic rings. The van der Waals surface area contributed by atoms with Gasteiger partial charge in [-0.25, -0.2) is 9.78 Å². The molecule has 0 aliphatic rings. The summed E-state index contributed by atoms with van der Waals surface area (Å²) in [5.74, 6) is 0. The molecule has 0 radical (unpaired) electrons. The van der Waals surface area contributed by atoms with Crippen LogP contribution in [0, 0.1) is 0 Å². The molecule has 3 N–H and O–H groups in total. The van der Waals surface area contributed by atoms with Crippen LogP contribution in [0.2, 0.25) is 5.15 Å². The van der Waals surface area contributed by atoms with E-state index in [1.807, 2.05) is 0 Å². The second-order valence-corrected chi connectivity index (χ2v) is 2.68. The van der Waals surface area contributed by atoms with Crippen LogP contribution in [0.5, 0.6) is 6.01 Å². The third kappa shape index (κ3) is 1.44. The number of fused-ring (bicyclic) bond motifs is 1. The van der Waals surface area contributed by atoms with Crippen molar-refractivity contribution in [3.8, 4) is 6.01 Å². The van der Waals surface area contributed by atoms with Gasteiger partial charge in [0.15, 0.2) is 10.8 Å². The van der Waals surface area contributed by atoms with Gasteiger partial charge in [-0.3, -0.25) is 0 Å². The Balaban J connectivity index is 2.53. The summed E-state index contributed by atoms with van der Waals surface area (Å²) in [6.07, 6.45) is 0.398. The van der Waals surface area contributed by atoms with Crippen molar-refractivity contribution in [2.24, 2.45) is 5.73 Å². The summed E-state index contributed by atoms with van der Waals surface area (Å²) in [5.41, 5.74) is 5.56. The molecule has 0 aromatic carbocycles. The molecule has 2 heterocycles. The number of amides is 1. The van der Waals surface area contributed by atoms with E-state index in [1.54, 1.807) is 0 Å². The molecule has 14 heavy (non-hydrogen) atoms. The molecule has 2 rings (SSSR count). The highest BCUT2D eigenvalue weighted by molar-refractivity contribution is 6.33. The number of H-pyrrole nitrogens is 1. The second kappa shape index (κ2) is 3.11. The standard InChI is InChI=1S/C6H4ClN5O2/c7-3-2-4(10-1-9-2)12-6(11-3)14-5(8)13/h1H,(H2,8,13)(H,9,10,11,12). The number of primary amides is 1. The highest BCUT2D eigenvalue weighted by Gasteiger charge is 2.10. The van der Waals surface area contributed by atoms with E-state index in [2.05, 4.69) is 24.7 Å². The Bertz CT molecular complexity index is 496. The van der Waals surface area contributed by atoms with Gasteiger partial charge in [-0.05, 0) is 0 Å². The number of nitrogens with zero attached hydrogens (tertiary/aromatic N) is 3. The lowest BCUT2D eigenvalue weighted by atomic mass is 10.6. The van der Waals surface area contributed by atoms with Gasteiger partial charge in [-0.15, -0.1) is 0 Å². The van der Waals surface area contributed by atoms with Gasteiger partial charge in [0.2, 0.25) is 0 Å². The van der Waals surface area contributed by atoms with Crippen LogP contribution < -0.4 is 10.5 Å². The molecule has 0 aliphatic heterocycles. The summed E-state index contributed by atoms with van der Waals surface area (Å²) in [7, 11) is 0. The van der Waals surface area contributed by atoms with Gasteiger partial charge in [0.05, 0.1) is 6.33 Å². The largest absolute Gasteiger partial charge is 0.412 e. The highest BCUT2D eigenvalue weighted by Crippen LogP contribution is 2.18. The van der Waals surface area contributed by atoms with E-state index in [4.69, 9.17) is 17.3 Å². The van der Waals surface area contributed by atoms with Gasteiger partial charge in [0.1, 0.15) is 5.52 Å². The molecule has 0 saturated heterocycles. The van der Waals surface area contributed by atoms with Crippen LogP contribution in [0.3, 0.4) is 0 Å². The number of imidazole rings is 1. The summed E-state index contributed by atoms with van der Waals surface area (Å²) < 4.78 is 4.45. The molecule has 0 bridgehead atoms. The van der Waals surface area contributed by atoms with Crippen molar-refractivity contribution in [2.75, 3.05) is 0 Å². The minimum Gasteiger partial charge on any atom is -0.374 e. The van der Waals surface area contributed by atoms with E-state index in [-0.39, 0.29) is 11.2 Å². The number of nitrogens with two attached hydrogens (primary N) is 1. The van der Waals surface area contributed by atoms with Gasteiger partial charge >= 0.3 is 12.1 Å². The van der Waals surface area contributed by atoms with Gasteiger partial charge in [-0.1, -0.05) is 11.6 Å². The second-order valence-electron chi connectivity index (χ2n) is 2.32. The van der Waals surface area contributed by atoms with Crippen LogP contribution in [0.25, 0.3) is 11.2 Å². The van der Waals surface area contributed by atoms with Crippen molar-refractivity contribution in [2.45, 2.75) is 0 Å². The van der Waals surface area contributed by atoms with Crippen molar-refractivity contribution >= 4 is 28.9 Å². The molecule has 8 heteroatoms. The molecule has 0 spiro atoms. The number of halogens is 1. The van der Waals surface area contributed by atoms with Crippen molar-refractivity contribution < 1.29 is 9.53 Å². The molecule has 7 nitrogen and oxygen atoms in total. The first-order valence-electron chi connectivity index (χ1n) is 3.50. The van der Waals surface area contributed by atoms with Gasteiger partial charge in [0.25, 0.3) is 0 Å². The zero-order chi connectivity index (χ0) is 10.1. The van der Waals surface area contributed by atoms with Crippen LogP contribution in [-0.4, -0.2) is 26.0 Å². The zero-order valence-corrected chi connectivity index (χ0v) is 7.45. The fourth-order valence-electron chi connectivity index (χ4n) is 0.915. The monoisotopic (exact) mass is 213 g/mol. The van der Waals surface area contributed by atoms with Crippen LogP contribution >= 0.6 is 11.6 Å². The number of hydrogen-bond donors (Lipinski definition) is 2. The van der Waals surface area contributed by atoms with Crippen molar-refractivity contribution in [1.29, 1.82) is 0 Å². The molecule has 0 aliphatic carbocycles. The first kappa shape index (κ1) is 8.70. The minimum atomic E-state index is -1.00. The Morgan fingerprint density at radius 1 is 1.57 bits per heavy atom. The van der Waals surface area contributed by atoms with Crippen LogP contribution in [0.4, 0.5) is 4.79 Å². The average molecular weight is 214 g/mol. The maximum Gasteiger partial charge on any atom is 0.412 e. The fourth-order valence-corrected chi connectivity index (χ4v) is 1.13. The van der Waals surface area contributed by atoms with E-state index in [0.717, 1.165) is 0 Å². The number of hydrogen-bond acceptors (Lipinski definition) is 5. The lowest BCUT2D eigenvalue weighted by molar-refractivity contribution is 0.207. The number of aromatic nitrogens is 4. The summed E-state index contributed by atoms with van der Waals surface area (Å²) in [6, 6.07) is -0.220. The molecule has 2 aromatic heterocycles. The zero-order valence-electron chi connectivity index (χ0n) is 6.69. The van der Waals surface area contributed by atoms with Crippen molar-refractivity contribution in [3.63, 3.8) is 0 Å². The fraction of sp³-hybridized carbons (Fsp3) is 0. The maximum atomic E-state index is 10.4. The Hall–Kier alpha value is -1.89. The Morgan fingerprint density at radius 3 is 3.07 bits per heavy atom. The Labute approximate surface area is 82.3 Å². The van der Waals surface area contributed by atoms with Crippen molar-refractivity contribution in [3.05, 3.63) is 11.5 Å². The topological polar surface area (TPSA) is 107 Å². The van der Waals surface area contributed by atoms with Gasteiger partial charge in [-0.2, -0.15) is 9.97 Å². The molecule has 0 saturated carbocycles. The third-order valence-corrected chi connectivity index (χ3v) is 1.69. The average Bonchev–Trinajstić information content (AvgIpc) is 2.50. The van der Waals surface area contributed by atoms with Crippen LogP contribution in [-0.2, 0) is 0 Å². The molecular weight excluding hydrogens is 210 g/mol. The number of nitrogens with one attached hydrogen (secondary N) is 1. The molecule has 0 unspecified atom stereocenters. The third-order valence-electron chi connectivity index (χ3n) is 1.41. The summed E-state index contributed by atoms with van der Waals surface area (Å²) >= 11 is 5.73. The maximum absolute atomic E-state index is 10.4. The molecular formula is C6H4ClN5O2. The minimum absolute atomic E-state index is 0.115. The lowest BCUT2D eigenvalue weighted by Crippen LogP contribution is -2.17. The number of aromatic amines is 1. The van der Waals surface area contributed by atoms with Crippen molar-refractivity contribution in [1.82, 2.24) is 19.9 Å². The van der Waals surface area contributed by atoms with E-state index in [1.165, 1.54) is 6.33 Å². The van der Waals surface area contributed by atoms with Gasteiger partial charge < -0.3 is 15.5 Å². The quantitative estimate of drug-likeness (QED) is 0.670. The highest BCUT2D eigenvalue weighted by atomic mass is 35.5. The molecule has 72 valence electrons. The number of rotatable bonds is 1. The van der Waals surface area contributed by atoms with E-state index >= 15 is 0 Å².